The Balaban J connectivity index is 1.23. The van der Waals surface area contributed by atoms with E-state index in [2.05, 4.69) is 162 Å². The largest absolute Gasteiger partial charge is 0.416 e. The van der Waals surface area contributed by atoms with E-state index in [4.69, 9.17) is 0 Å². The lowest BCUT2D eigenvalue weighted by molar-refractivity contribution is -0.143. The van der Waals surface area contributed by atoms with Crippen LogP contribution in [0, 0.1) is 94.4 Å². The summed E-state index contributed by atoms with van der Waals surface area (Å²) in [6.07, 6.45) is -10.2. The molecule has 0 aliphatic carbocycles. The predicted molar refractivity (Wildman–Crippen MR) is 334 cm³/mol. The number of hydrogen-bond acceptors (Lipinski definition) is 1. The van der Waals surface area contributed by atoms with Crippen molar-refractivity contribution >= 4 is 43.6 Å². The molecule has 0 amide bonds. The molecule has 0 radical (unpaired) electrons. The molecule has 12 aromatic rings. The van der Waals surface area contributed by atoms with Gasteiger partial charge in [0.2, 0.25) is 0 Å². The lowest BCUT2D eigenvalue weighted by Gasteiger charge is -2.20. The van der Waals surface area contributed by atoms with E-state index in [1.807, 2.05) is 57.7 Å². The highest BCUT2D eigenvalue weighted by atomic mass is 19.4. The second-order valence-corrected chi connectivity index (χ2v) is 23.5. The Morgan fingerprint density at radius 3 is 0.762 bits per heavy atom. The van der Waals surface area contributed by atoms with Crippen LogP contribution >= 0.6 is 0 Å². The Morgan fingerprint density at radius 2 is 0.536 bits per heavy atom. The first-order valence-corrected chi connectivity index (χ1v) is 28.2. The highest BCUT2D eigenvalue weighted by molar-refractivity contribution is 6.14. The average molecular weight is 1120 g/mol. The summed E-state index contributed by atoms with van der Waals surface area (Å²) in [5, 5.41) is 15.4. The van der Waals surface area contributed by atoms with Crippen molar-refractivity contribution in [2.45, 2.75) is 95.4 Å². The standard InChI is InChI=1S/C75H61F6N3/c1-39-21-43(5)70(44(6)22-39)51-13-17-64-59(31-51)60-32-52(71-45(7)23-40(2)24-46(71)8)14-18-65(60)83(64)68-35-56(55-29-57(74(76,77)78)37-58(30-55)75(79,80)81)36-69(63(68)38-82)84-66-19-15-53(72-47(9)25-41(3)26-48(72)10)33-61(66)62-34-54(16-20-67(62)84)73-49(11)27-42(4)28-50(73)12/h13-37H,1-12H3. The number of nitriles is 1. The van der Waals surface area contributed by atoms with E-state index in [1.165, 1.54) is 0 Å². The molecule has 0 bridgehead atoms. The zero-order chi connectivity index (χ0) is 59.7. The van der Waals surface area contributed by atoms with Gasteiger partial charge >= 0.3 is 12.4 Å². The number of benzene rings is 10. The molecule has 0 spiro atoms. The number of rotatable bonds is 7. The molecule has 0 atom stereocenters. The second kappa shape index (κ2) is 20.1. The number of hydrogen-bond donors (Lipinski definition) is 0. The van der Waals surface area contributed by atoms with Crippen molar-refractivity contribution in [2.24, 2.45) is 0 Å². The molecule has 2 heterocycles. The van der Waals surface area contributed by atoms with Crippen molar-refractivity contribution in [2.75, 3.05) is 0 Å². The maximum absolute atomic E-state index is 15.0. The van der Waals surface area contributed by atoms with Crippen LogP contribution < -0.4 is 0 Å². The molecule has 0 N–H and O–H groups in total. The first-order chi connectivity index (χ1) is 39.8. The van der Waals surface area contributed by atoms with Crippen LogP contribution in [0.1, 0.15) is 83.5 Å². The van der Waals surface area contributed by atoms with Gasteiger partial charge in [-0.05, 0) is 262 Å². The van der Waals surface area contributed by atoms with E-state index >= 15 is 0 Å². The lowest BCUT2D eigenvalue weighted by Crippen LogP contribution is -2.11. The summed E-state index contributed by atoms with van der Waals surface area (Å²) in [4.78, 5) is 0. The van der Waals surface area contributed by atoms with Gasteiger partial charge in [0.1, 0.15) is 11.6 Å². The summed E-state index contributed by atoms with van der Waals surface area (Å²) >= 11 is 0. The highest BCUT2D eigenvalue weighted by Crippen LogP contribution is 2.47. The molecule has 0 saturated heterocycles. The molecule has 0 saturated carbocycles. The van der Waals surface area contributed by atoms with Crippen LogP contribution in [0.25, 0.3) is 111 Å². The van der Waals surface area contributed by atoms with E-state index in [0.29, 0.717) is 22.1 Å². The summed E-state index contributed by atoms with van der Waals surface area (Å²) in [5.74, 6) is 0. The first kappa shape index (κ1) is 55.4. The normalized spacial score (nSPS) is 12.2. The molecule has 9 heteroatoms. The van der Waals surface area contributed by atoms with Crippen molar-refractivity contribution in [1.82, 2.24) is 9.13 Å². The fourth-order valence-corrected chi connectivity index (χ4v) is 14.1. The highest BCUT2D eigenvalue weighted by Gasteiger charge is 2.37. The summed E-state index contributed by atoms with van der Waals surface area (Å²) in [5.41, 5.74) is 21.9. The quantitative estimate of drug-likeness (QED) is 0.146. The molecule has 0 aliphatic heterocycles. The number of fused-ring (bicyclic) bond motifs is 6. The van der Waals surface area contributed by atoms with Gasteiger partial charge in [0.05, 0.1) is 44.6 Å². The number of aryl methyl sites for hydroxylation is 12. The minimum absolute atomic E-state index is 0.0516. The van der Waals surface area contributed by atoms with Crippen molar-refractivity contribution in [3.8, 4) is 73.1 Å². The third kappa shape index (κ3) is 9.33. The zero-order valence-corrected chi connectivity index (χ0v) is 49.0. The number of alkyl halides is 6. The molecular formula is C75H61F6N3. The van der Waals surface area contributed by atoms with Crippen LogP contribution in [0.3, 0.4) is 0 Å². The minimum atomic E-state index is -5.12. The van der Waals surface area contributed by atoms with E-state index < -0.39 is 23.5 Å². The van der Waals surface area contributed by atoms with E-state index in [-0.39, 0.29) is 34.1 Å². The third-order valence-corrected chi connectivity index (χ3v) is 17.0. The Bertz CT molecular complexity index is 4230. The van der Waals surface area contributed by atoms with Gasteiger partial charge in [0.25, 0.3) is 0 Å². The van der Waals surface area contributed by atoms with Gasteiger partial charge in [-0.1, -0.05) is 95.1 Å². The summed E-state index contributed by atoms with van der Waals surface area (Å²) in [6.45, 7) is 25.1. The SMILES string of the molecule is Cc1cc(C)c(-c2ccc3c(c2)c2cc(-c4c(C)cc(C)cc4C)ccc2n3-c2cc(-c3cc(C(F)(F)F)cc(C(F)(F)F)c3)cc(-n3c4ccc(-c5c(C)cc(C)cc5C)cc4c4cc(-c5c(C)cc(C)cc5C)ccc43)c2C#N)c(C)c1. The van der Waals surface area contributed by atoms with Gasteiger partial charge in [-0.2, -0.15) is 31.6 Å². The van der Waals surface area contributed by atoms with E-state index in [1.54, 1.807) is 12.1 Å². The van der Waals surface area contributed by atoms with Crippen molar-refractivity contribution in [1.29, 1.82) is 5.26 Å². The van der Waals surface area contributed by atoms with Crippen LogP contribution in [-0.2, 0) is 12.4 Å². The van der Waals surface area contributed by atoms with Crippen LogP contribution in [-0.4, -0.2) is 9.13 Å². The van der Waals surface area contributed by atoms with Gasteiger partial charge in [0, 0.05) is 21.5 Å². The first-order valence-electron chi connectivity index (χ1n) is 28.2. The molecule has 0 aliphatic rings. The van der Waals surface area contributed by atoms with Crippen LogP contribution in [0.15, 0.2) is 152 Å². The Hall–Kier alpha value is -9.13. The molecule has 10 aromatic carbocycles. The molecule has 0 fully saturated rings. The molecular weight excluding hydrogens is 1060 g/mol. The lowest BCUT2D eigenvalue weighted by atomic mass is 9.91. The summed E-state index contributed by atoms with van der Waals surface area (Å²) in [7, 11) is 0. The second-order valence-electron chi connectivity index (χ2n) is 23.5. The molecule has 12 rings (SSSR count). The van der Waals surface area contributed by atoms with E-state index in [0.717, 1.165) is 145 Å². The van der Waals surface area contributed by atoms with Gasteiger partial charge < -0.3 is 9.13 Å². The maximum atomic E-state index is 15.0. The van der Waals surface area contributed by atoms with Gasteiger partial charge in [-0.15, -0.1) is 0 Å². The zero-order valence-electron chi connectivity index (χ0n) is 49.0. The fraction of sp³-hybridized carbons (Fsp3) is 0.187. The monoisotopic (exact) mass is 1120 g/mol. The predicted octanol–water partition coefficient (Wildman–Crippen LogP) is 21.8. The Kier molecular flexibility index (Phi) is 13.2. The average Bonchev–Trinajstić information content (AvgIpc) is 3.13. The molecule has 0 unspecified atom stereocenters. The number of aromatic nitrogens is 2. The topological polar surface area (TPSA) is 33.6 Å². The van der Waals surface area contributed by atoms with Crippen molar-refractivity contribution in [3.63, 3.8) is 0 Å². The van der Waals surface area contributed by atoms with Crippen LogP contribution in [0.5, 0.6) is 0 Å². The molecule has 418 valence electrons. The smallest absolute Gasteiger partial charge is 0.308 e. The van der Waals surface area contributed by atoms with Crippen molar-refractivity contribution < 1.29 is 26.3 Å². The molecule has 84 heavy (non-hydrogen) atoms. The molecule has 2 aromatic heterocycles. The van der Waals surface area contributed by atoms with Crippen LogP contribution in [0.4, 0.5) is 26.3 Å². The number of halogens is 6. The van der Waals surface area contributed by atoms with Crippen LogP contribution in [0.2, 0.25) is 0 Å². The Labute approximate surface area is 485 Å². The van der Waals surface area contributed by atoms with Gasteiger partial charge in [-0.25, -0.2) is 0 Å². The van der Waals surface area contributed by atoms with Gasteiger partial charge in [-0.3, -0.25) is 0 Å². The number of nitrogens with zero attached hydrogens (tertiary/aromatic N) is 3. The Morgan fingerprint density at radius 1 is 0.298 bits per heavy atom. The summed E-state index contributed by atoms with van der Waals surface area (Å²) in [6, 6.07) is 49.6. The van der Waals surface area contributed by atoms with Gasteiger partial charge in [0.15, 0.2) is 0 Å². The van der Waals surface area contributed by atoms with Crippen molar-refractivity contribution in [3.05, 3.63) is 235 Å². The minimum Gasteiger partial charge on any atom is -0.308 e. The molecule has 3 nitrogen and oxygen atoms in total. The summed E-state index contributed by atoms with van der Waals surface area (Å²) < 4.78 is 93.6. The van der Waals surface area contributed by atoms with E-state index in [9.17, 15) is 31.6 Å². The maximum Gasteiger partial charge on any atom is 0.416 e. The third-order valence-electron chi connectivity index (χ3n) is 17.0. The fourth-order valence-electron chi connectivity index (χ4n) is 14.1.